The second-order valence-electron chi connectivity index (χ2n) is 12.4. The number of aliphatic hydroxyl groups excluding tert-OH is 1. The number of aliphatic hydroxyl groups is 1. The van der Waals surface area contributed by atoms with Gasteiger partial charge in [-0.2, -0.15) is 0 Å². The van der Waals surface area contributed by atoms with Crippen molar-refractivity contribution in [2.24, 2.45) is 0 Å². The zero-order chi connectivity index (χ0) is 42.2. The quantitative estimate of drug-likeness (QED) is 0.0207. The summed E-state index contributed by atoms with van der Waals surface area (Å²) < 4.78 is 26.4. The molecule has 1 N–H and O–H groups in total. The minimum absolute atomic E-state index is 0. The van der Waals surface area contributed by atoms with Crippen LogP contribution in [-0.2, 0) is 66.0 Å². The molecule has 1 aromatic rings. The van der Waals surface area contributed by atoms with Crippen LogP contribution in [-0.4, -0.2) is 62.7 Å². The van der Waals surface area contributed by atoms with E-state index in [-0.39, 0.29) is 51.1 Å². The van der Waals surface area contributed by atoms with Gasteiger partial charge in [-0.05, 0) is 132 Å². The number of benzene rings is 1. The number of rotatable bonds is 29. The fourth-order valence-corrected chi connectivity index (χ4v) is 4.22. The maximum atomic E-state index is 12.2. The molecule has 0 aliphatic rings. The Balaban J connectivity index is -0.000000834. The van der Waals surface area contributed by atoms with Crippen molar-refractivity contribution in [2.75, 3.05) is 33.5 Å². The summed E-state index contributed by atoms with van der Waals surface area (Å²) in [7, 11) is 1.57. The molecule has 10 nitrogen and oxygen atoms in total. The molecule has 315 valence electrons. The van der Waals surface area contributed by atoms with Crippen LogP contribution in [0.1, 0.15) is 122 Å². The van der Waals surface area contributed by atoms with E-state index in [2.05, 4.69) is 26.7 Å². The second kappa shape index (κ2) is 41.8. The van der Waals surface area contributed by atoms with E-state index in [1.165, 1.54) is 18.6 Å². The molecule has 0 aromatic heterocycles. The van der Waals surface area contributed by atoms with Gasteiger partial charge in [0.25, 0.3) is 0 Å². The number of hydrogen-bond acceptors (Lipinski definition) is 10. The van der Waals surface area contributed by atoms with Crippen LogP contribution in [0.3, 0.4) is 0 Å². The Morgan fingerprint density at radius 3 is 1.93 bits per heavy atom. The Bertz CT molecular complexity index is 1390. The van der Waals surface area contributed by atoms with Gasteiger partial charge < -0.3 is 33.6 Å². The number of ether oxygens (including phenoxy) is 5. The van der Waals surface area contributed by atoms with E-state index in [0.29, 0.717) is 61.1 Å². The zero-order valence-electron chi connectivity index (χ0n) is 35.3. The molecule has 0 aliphatic heterocycles. The van der Waals surface area contributed by atoms with Gasteiger partial charge in [0.15, 0.2) is 5.78 Å². The molecule has 1 radical (unpaired) electrons. The van der Waals surface area contributed by atoms with Crippen molar-refractivity contribution in [2.45, 2.75) is 111 Å². The minimum atomic E-state index is -0.463. The number of carbonyl (C=O) groups excluding carboxylic acids is 4. The molecule has 11 heteroatoms. The van der Waals surface area contributed by atoms with Crippen molar-refractivity contribution in [3.05, 3.63) is 115 Å². The van der Waals surface area contributed by atoms with Crippen LogP contribution in [0, 0.1) is 0 Å². The maximum absolute atomic E-state index is 12.2. The number of carbonyl (C=O) groups is 4. The van der Waals surface area contributed by atoms with E-state index in [9.17, 15) is 19.2 Å². The Morgan fingerprint density at radius 2 is 1.40 bits per heavy atom. The SMILES string of the molecule is C=C(C)C(=O)CCCCC.C=C/C(=C\C=C(/C)OC)OC(=O)c1ccc(OCCCCCCO)cc1.C=CC(=O)OCCCCCCOC(/C=C\CC=O)=C/C.[Y]. The Kier molecular flexibility index (Phi) is 42.1. The topological polar surface area (TPSA) is 135 Å². The minimum Gasteiger partial charge on any atom is -0.501 e. The largest absolute Gasteiger partial charge is 0.501 e. The monoisotopic (exact) mass is 869 g/mol. The fraction of sp³-hybridized carbons (Fsp3) is 0.478. The third-order valence-electron chi connectivity index (χ3n) is 7.63. The molecule has 0 amide bonds. The molecule has 0 unspecified atom stereocenters. The first-order valence-corrected chi connectivity index (χ1v) is 19.5. The van der Waals surface area contributed by atoms with Gasteiger partial charge in [0.1, 0.15) is 23.6 Å². The molecular formula is C46H68O10Y. The molecule has 0 saturated carbocycles. The van der Waals surface area contributed by atoms with E-state index >= 15 is 0 Å². The molecule has 1 rings (SSSR count). The maximum Gasteiger partial charge on any atom is 0.343 e. The van der Waals surface area contributed by atoms with E-state index in [1.54, 1.807) is 63.5 Å². The third-order valence-corrected chi connectivity index (χ3v) is 7.63. The van der Waals surface area contributed by atoms with Crippen molar-refractivity contribution in [1.82, 2.24) is 0 Å². The number of hydrogen-bond donors (Lipinski definition) is 1. The van der Waals surface area contributed by atoms with Crippen LogP contribution in [0.5, 0.6) is 5.75 Å². The molecule has 1 aromatic carbocycles. The van der Waals surface area contributed by atoms with Gasteiger partial charge in [-0.1, -0.05) is 52.0 Å². The third kappa shape index (κ3) is 36.2. The van der Waals surface area contributed by atoms with Crippen LogP contribution in [0.2, 0.25) is 0 Å². The second-order valence-corrected chi connectivity index (χ2v) is 12.4. The van der Waals surface area contributed by atoms with Gasteiger partial charge in [0, 0.05) is 58.2 Å². The molecule has 0 heterocycles. The van der Waals surface area contributed by atoms with Crippen molar-refractivity contribution in [3.8, 4) is 5.75 Å². The standard InChI is InChI=1S/C21H28O5.C16H24O4.C9H16O.Y/c1-4-19(12-9-17(2)24-3)26-21(23)18-10-13-20(14-11-18)25-16-8-6-5-7-15-22;1-3-15(11-7-8-12-17)19-13-9-5-6-10-14-20-16(18)4-2;1-4-5-6-7-9(10)8(2)3;/h4,9-14,22H,1,5-8,15-16H2,2-3H3;3-4,7,11-12H,2,5-6,8-10,13-14H2,1H3;2,4-7H2,1,3H3;/b17-9+,19-12+;11-7-,15-3+;;. The van der Waals surface area contributed by atoms with Crippen molar-refractivity contribution in [3.63, 3.8) is 0 Å². The summed E-state index contributed by atoms with van der Waals surface area (Å²) in [6.07, 6.45) is 24.3. The number of aldehydes is 1. The van der Waals surface area contributed by atoms with Crippen molar-refractivity contribution in [1.29, 1.82) is 0 Å². The molecule has 0 spiro atoms. The molecule has 0 fully saturated rings. The summed E-state index contributed by atoms with van der Waals surface area (Å²) in [5.74, 6) is 1.92. The normalized spacial score (nSPS) is 11.0. The summed E-state index contributed by atoms with van der Waals surface area (Å²) in [5.41, 5.74) is 1.12. The van der Waals surface area contributed by atoms with Gasteiger partial charge in [-0.15, -0.1) is 0 Å². The van der Waals surface area contributed by atoms with Gasteiger partial charge in [-0.25, -0.2) is 9.59 Å². The Morgan fingerprint density at radius 1 is 0.789 bits per heavy atom. The number of allylic oxidation sites excluding steroid dienone is 8. The van der Waals surface area contributed by atoms with E-state index < -0.39 is 5.97 Å². The van der Waals surface area contributed by atoms with Gasteiger partial charge in [-0.3, -0.25) is 4.79 Å². The Hall–Kier alpha value is -3.86. The number of unbranched alkanes of at least 4 members (excludes halogenated alkanes) is 8. The summed E-state index contributed by atoms with van der Waals surface area (Å²) in [4.78, 5) is 44.0. The van der Waals surface area contributed by atoms with E-state index in [4.69, 9.17) is 28.8 Å². The number of methoxy groups -OCH3 is 1. The predicted molar refractivity (Wildman–Crippen MR) is 225 cm³/mol. The molecule has 0 aliphatic carbocycles. The average Bonchev–Trinajstić information content (AvgIpc) is 3.21. The van der Waals surface area contributed by atoms with Gasteiger partial charge in [0.2, 0.25) is 0 Å². The summed E-state index contributed by atoms with van der Waals surface area (Å²) in [5, 5.41) is 8.72. The first-order chi connectivity index (χ1) is 27.0. The van der Waals surface area contributed by atoms with E-state index in [1.807, 2.05) is 19.1 Å². The van der Waals surface area contributed by atoms with E-state index in [0.717, 1.165) is 76.3 Å². The summed E-state index contributed by atoms with van der Waals surface area (Å²) >= 11 is 0. The van der Waals surface area contributed by atoms with Gasteiger partial charge >= 0.3 is 11.9 Å². The van der Waals surface area contributed by atoms with Crippen molar-refractivity contribution >= 4 is 24.0 Å². The van der Waals surface area contributed by atoms with Crippen molar-refractivity contribution < 1.29 is 80.7 Å². The van der Waals surface area contributed by atoms with Gasteiger partial charge in [0.05, 0.1) is 38.3 Å². The number of ketones is 1. The Labute approximate surface area is 368 Å². The summed E-state index contributed by atoms with van der Waals surface area (Å²) in [6.45, 7) is 20.1. The van der Waals surface area contributed by atoms with Crippen LogP contribution >= 0.6 is 0 Å². The molecule has 57 heavy (non-hydrogen) atoms. The first kappa shape index (κ1) is 57.5. The summed E-state index contributed by atoms with van der Waals surface area (Å²) in [6, 6.07) is 6.83. The van der Waals surface area contributed by atoms with Crippen LogP contribution in [0.25, 0.3) is 0 Å². The average molecular weight is 870 g/mol. The van der Waals surface area contributed by atoms with Crippen LogP contribution in [0.15, 0.2) is 109 Å². The zero-order valence-corrected chi connectivity index (χ0v) is 38.1. The number of esters is 2. The van der Waals surface area contributed by atoms with Crippen LogP contribution in [0.4, 0.5) is 0 Å². The smallest absolute Gasteiger partial charge is 0.343 e. The predicted octanol–water partition coefficient (Wildman–Crippen LogP) is 10.4. The fourth-order valence-electron chi connectivity index (χ4n) is 4.22. The first-order valence-electron chi connectivity index (χ1n) is 19.5. The molecule has 0 bridgehead atoms. The van der Waals surface area contributed by atoms with Crippen LogP contribution < -0.4 is 4.74 Å². The molecular weight excluding hydrogens is 801 g/mol. The number of Topliss-reactive ketones (excluding diaryl/α,β-unsaturated/α-hetero) is 1. The molecule has 0 saturated heterocycles. The molecule has 0 atom stereocenters.